The number of aromatic nitrogens is 3. The Morgan fingerprint density at radius 1 is 1.26 bits per heavy atom. The molecule has 0 atom stereocenters. The summed E-state index contributed by atoms with van der Waals surface area (Å²) in [6.07, 6.45) is 1.70. The molecule has 0 radical (unpaired) electrons. The molecule has 3 heterocycles. The fraction of sp³-hybridized carbons (Fsp3) is 0.308. The molecule has 2 N–H and O–H groups in total. The molecule has 19 heavy (non-hydrogen) atoms. The highest BCUT2D eigenvalue weighted by Crippen LogP contribution is 2.38. The van der Waals surface area contributed by atoms with Crippen molar-refractivity contribution >= 4 is 37.5 Å². The Morgan fingerprint density at radius 3 is 2.68 bits per heavy atom. The monoisotopic (exact) mass is 276 g/mol. The Hall–Kier alpha value is -1.95. The number of nitrogens with two attached hydrogens (primary N) is 1. The van der Waals surface area contributed by atoms with Crippen LogP contribution in [-0.4, -0.2) is 22.3 Å². The molecule has 3 rings (SSSR count). The molecular formula is C13H16N4OS. The van der Waals surface area contributed by atoms with E-state index in [4.69, 9.17) is 10.5 Å². The van der Waals surface area contributed by atoms with Gasteiger partial charge in [0.25, 0.3) is 0 Å². The molecule has 3 aromatic heterocycles. The number of hydrogen-bond acceptors (Lipinski definition) is 6. The molecule has 100 valence electrons. The van der Waals surface area contributed by atoms with Crippen molar-refractivity contribution in [3.05, 3.63) is 17.8 Å². The van der Waals surface area contributed by atoms with E-state index in [1.807, 2.05) is 26.8 Å². The van der Waals surface area contributed by atoms with Crippen molar-refractivity contribution < 1.29 is 4.74 Å². The second kappa shape index (κ2) is 5.36. The number of methoxy groups -OCH3 is 1. The molecule has 0 amide bonds. The van der Waals surface area contributed by atoms with Crippen molar-refractivity contribution in [3.8, 4) is 5.88 Å². The number of aryl methyl sites for hydroxylation is 1. The summed E-state index contributed by atoms with van der Waals surface area (Å²) >= 11 is 1.50. The summed E-state index contributed by atoms with van der Waals surface area (Å²) in [4.78, 5) is 4.94. The second-order valence-electron chi connectivity index (χ2n) is 3.69. The third-order valence-electron chi connectivity index (χ3n) is 2.73. The molecule has 5 nitrogen and oxygen atoms in total. The normalized spacial score (nSPS) is 10.3. The molecule has 0 fully saturated rings. The molecule has 3 aromatic rings. The average molecular weight is 276 g/mol. The summed E-state index contributed by atoms with van der Waals surface area (Å²) in [7, 11) is 1.59. The number of pyridine rings is 1. The van der Waals surface area contributed by atoms with E-state index < -0.39 is 0 Å². The lowest BCUT2D eigenvalue weighted by molar-refractivity contribution is 0.390. The predicted octanol–water partition coefficient (Wildman–Crippen LogP) is 3.16. The van der Waals surface area contributed by atoms with E-state index >= 15 is 0 Å². The topological polar surface area (TPSA) is 73.9 Å². The maximum absolute atomic E-state index is 5.86. The number of thiophene rings is 1. The van der Waals surface area contributed by atoms with E-state index in [9.17, 15) is 0 Å². The minimum absolute atomic E-state index is 0.531. The van der Waals surface area contributed by atoms with Crippen LogP contribution >= 0.6 is 11.3 Å². The molecule has 0 aromatic carbocycles. The van der Waals surface area contributed by atoms with Crippen LogP contribution in [0.15, 0.2) is 12.3 Å². The number of anilines is 1. The van der Waals surface area contributed by atoms with Crippen molar-refractivity contribution in [2.75, 3.05) is 12.8 Å². The Bertz CT molecular complexity index is 723. The van der Waals surface area contributed by atoms with Crippen molar-refractivity contribution in [2.45, 2.75) is 20.8 Å². The third kappa shape index (κ3) is 2.08. The molecule has 0 unspecified atom stereocenters. The van der Waals surface area contributed by atoms with Crippen LogP contribution in [0.25, 0.3) is 20.3 Å². The molecule has 0 spiro atoms. The standard InChI is InChI=1S/C11H10N4OS.C2H6/c1-5-7-6-3-4-13-9(12)8(6)17-11(7)15-14-10(5)16-2;1-2/h3-4H,1-2H3,(H2,12,13);1-2H3. The maximum Gasteiger partial charge on any atom is 0.236 e. The number of nitrogens with zero attached hydrogens (tertiary/aromatic N) is 3. The minimum Gasteiger partial charge on any atom is -0.480 e. The van der Waals surface area contributed by atoms with Gasteiger partial charge in [0.05, 0.1) is 11.8 Å². The zero-order chi connectivity index (χ0) is 14.0. The van der Waals surface area contributed by atoms with Gasteiger partial charge in [-0.2, -0.15) is 0 Å². The van der Waals surface area contributed by atoms with E-state index in [-0.39, 0.29) is 0 Å². The lowest BCUT2D eigenvalue weighted by atomic mass is 10.1. The Kier molecular flexibility index (Phi) is 3.80. The number of nitrogen functional groups attached to an aromatic ring is 1. The van der Waals surface area contributed by atoms with Gasteiger partial charge >= 0.3 is 0 Å². The third-order valence-corrected chi connectivity index (χ3v) is 3.85. The Labute approximate surface area is 115 Å². The molecule has 0 aliphatic carbocycles. The van der Waals surface area contributed by atoms with Gasteiger partial charge in [0.2, 0.25) is 5.88 Å². The summed E-state index contributed by atoms with van der Waals surface area (Å²) in [5.74, 6) is 1.08. The van der Waals surface area contributed by atoms with E-state index in [1.54, 1.807) is 13.3 Å². The van der Waals surface area contributed by atoms with Crippen LogP contribution < -0.4 is 10.5 Å². The predicted molar refractivity (Wildman–Crippen MR) is 79.8 cm³/mol. The summed E-state index contributed by atoms with van der Waals surface area (Å²) in [6.45, 7) is 5.97. The smallest absolute Gasteiger partial charge is 0.236 e. The summed E-state index contributed by atoms with van der Waals surface area (Å²) in [5.41, 5.74) is 6.84. The van der Waals surface area contributed by atoms with E-state index in [0.717, 1.165) is 25.9 Å². The van der Waals surface area contributed by atoms with Gasteiger partial charge in [0, 0.05) is 22.5 Å². The largest absolute Gasteiger partial charge is 0.480 e. The van der Waals surface area contributed by atoms with Crippen LogP contribution in [0.2, 0.25) is 0 Å². The molecule has 0 aliphatic heterocycles. The van der Waals surface area contributed by atoms with Gasteiger partial charge in [0.15, 0.2) is 0 Å². The Balaban J connectivity index is 0.000000637. The molecule has 0 saturated heterocycles. The molecule has 0 saturated carbocycles. The zero-order valence-corrected chi connectivity index (χ0v) is 12.2. The first kappa shape index (κ1) is 13.5. The number of rotatable bonds is 1. The molecular weight excluding hydrogens is 260 g/mol. The van der Waals surface area contributed by atoms with Crippen LogP contribution in [0.3, 0.4) is 0 Å². The highest BCUT2D eigenvalue weighted by Gasteiger charge is 2.14. The fourth-order valence-corrected chi connectivity index (χ4v) is 3.01. The second-order valence-corrected chi connectivity index (χ2v) is 4.69. The van der Waals surface area contributed by atoms with Gasteiger partial charge in [-0.15, -0.1) is 21.5 Å². The van der Waals surface area contributed by atoms with Crippen LogP contribution in [0.4, 0.5) is 5.82 Å². The van der Waals surface area contributed by atoms with Gasteiger partial charge in [-0.3, -0.25) is 0 Å². The first-order chi connectivity index (χ1) is 9.22. The quantitative estimate of drug-likeness (QED) is 0.739. The van der Waals surface area contributed by atoms with Crippen molar-refractivity contribution in [3.63, 3.8) is 0 Å². The lowest BCUT2D eigenvalue weighted by Gasteiger charge is -2.02. The first-order valence-corrected chi connectivity index (χ1v) is 6.88. The van der Waals surface area contributed by atoms with Crippen molar-refractivity contribution in [1.29, 1.82) is 0 Å². The molecule has 6 heteroatoms. The van der Waals surface area contributed by atoms with Crippen LogP contribution in [-0.2, 0) is 0 Å². The average Bonchev–Trinajstić information content (AvgIpc) is 2.82. The van der Waals surface area contributed by atoms with Crippen LogP contribution in [0, 0.1) is 6.92 Å². The van der Waals surface area contributed by atoms with Gasteiger partial charge in [0.1, 0.15) is 10.6 Å². The van der Waals surface area contributed by atoms with E-state index in [2.05, 4.69) is 15.2 Å². The Morgan fingerprint density at radius 2 is 2.00 bits per heavy atom. The number of ether oxygens (including phenoxy) is 1. The van der Waals surface area contributed by atoms with Gasteiger partial charge in [-0.25, -0.2) is 4.98 Å². The fourth-order valence-electron chi connectivity index (χ4n) is 1.93. The maximum atomic E-state index is 5.86. The molecule has 0 bridgehead atoms. The van der Waals surface area contributed by atoms with Crippen molar-refractivity contribution in [1.82, 2.24) is 15.2 Å². The van der Waals surface area contributed by atoms with E-state index in [1.165, 1.54) is 11.3 Å². The van der Waals surface area contributed by atoms with Gasteiger partial charge in [-0.1, -0.05) is 13.8 Å². The lowest BCUT2D eigenvalue weighted by Crippen LogP contribution is -1.93. The summed E-state index contributed by atoms with van der Waals surface area (Å²) in [5, 5.41) is 10.3. The zero-order valence-electron chi connectivity index (χ0n) is 11.4. The minimum atomic E-state index is 0.531. The highest BCUT2D eigenvalue weighted by atomic mass is 32.1. The van der Waals surface area contributed by atoms with Crippen LogP contribution in [0.1, 0.15) is 19.4 Å². The summed E-state index contributed by atoms with van der Waals surface area (Å²) < 4.78 is 6.14. The number of hydrogen-bond donors (Lipinski definition) is 1. The SMILES string of the molecule is CC.COc1nnc2sc3c(N)nccc3c2c1C. The van der Waals surface area contributed by atoms with Crippen molar-refractivity contribution in [2.24, 2.45) is 0 Å². The molecule has 0 aliphatic rings. The van der Waals surface area contributed by atoms with E-state index in [0.29, 0.717) is 11.7 Å². The van der Waals surface area contributed by atoms with Gasteiger partial charge in [-0.05, 0) is 13.0 Å². The van der Waals surface area contributed by atoms with Crippen LogP contribution in [0.5, 0.6) is 5.88 Å². The number of fused-ring (bicyclic) bond motifs is 3. The first-order valence-electron chi connectivity index (χ1n) is 6.06. The highest BCUT2D eigenvalue weighted by molar-refractivity contribution is 7.26. The summed E-state index contributed by atoms with van der Waals surface area (Å²) in [6, 6.07) is 1.94. The van der Waals surface area contributed by atoms with Gasteiger partial charge < -0.3 is 10.5 Å².